The average molecular weight is 92.1 g/mol. The van der Waals surface area contributed by atoms with Gasteiger partial charge in [0.25, 0.3) is 0 Å². The normalized spacial score (nSPS) is 14.5. The summed E-state index contributed by atoms with van der Waals surface area (Å²) in [6.45, 7) is -0.427. The molecule has 0 rings (SSSR count). The molecule has 0 bridgehead atoms. The predicted octanol–water partition coefficient (Wildman–Crippen LogP) is -1.37. The van der Waals surface area contributed by atoms with Crippen molar-refractivity contribution in [2.75, 3.05) is 6.61 Å². The van der Waals surface area contributed by atoms with Gasteiger partial charge in [-0.05, 0) is 5.26 Å². The molecule has 0 spiro atoms. The van der Waals surface area contributed by atoms with E-state index in [0.717, 1.165) is 0 Å². The molecule has 0 saturated carbocycles. The fourth-order valence-electron chi connectivity index (χ4n) is 0.0304. The Balaban J connectivity index is 2.75. The van der Waals surface area contributed by atoms with Crippen molar-refractivity contribution >= 4 is 0 Å². The van der Waals surface area contributed by atoms with Gasteiger partial charge in [0.05, 0.1) is 6.61 Å². The van der Waals surface area contributed by atoms with Crippen LogP contribution in [0.4, 0.5) is 0 Å². The number of aliphatic hydroxyl groups is 1. The monoisotopic (exact) mass is 92.0 g/mol. The highest BCUT2D eigenvalue weighted by Gasteiger charge is 1.94. The SMILES string of the molecule is NC(CO)O[O]. The van der Waals surface area contributed by atoms with Gasteiger partial charge in [0, 0.05) is 0 Å². The fraction of sp³-hybridized carbons (Fsp3) is 1.00. The topological polar surface area (TPSA) is 75.4 Å². The highest BCUT2D eigenvalue weighted by molar-refractivity contribution is 4.33. The minimum Gasteiger partial charge on any atom is -0.392 e. The Morgan fingerprint density at radius 1 is 2.00 bits per heavy atom. The van der Waals surface area contributed by atoms with Crippen molar-refractivity contribution in [3.63, 3.8) is 0 Å². The summed E-state index contributed by atoms with van der Waals surface area (Å²) in [6, 6.07) is 0. The average Bonchev–Trinajstić information content (AvgIpc) is 1.65. The molecular weight excluding hydrogens is 86.0 g/mol. The molecule has 1 unspecified atom stereocenters. The van der Waals surface area contributed by atoms with Crippen LogP contribution >= 0.6 is 0 Å². The zero-order chi connectivity index (χ0) is 4.99. The van der Waals surface area contributed by atoms with Gasteiger partial charge < -0.3 is 10.8 Å². The Hall–Kier alpha value is -0.160. The smallest absolute Gasteiger partial charge is 0.167 e. The van der Waals surface area contributed by atoms with Crippen LogP contribution in [0.3, 0.4) is 0 Å². The summed E-state index contributed by atoms with van der Waals surface area (Å²) >= 11 is 0. The summed E-state index contributed by atoms with van der Waals surface area (Å²) < 4.78 is 0. The lowest BCUT2D eigenvalue weighted by atomic mass is 10.7. The van der Waals surface area contributed by atoms with Crippen LogP contribution in [0.2, 0.25) is 0 Å². The van der Waals surface area contributed by atoms with Gasteiger partial charge in [-0.1, -0.05) is 0 Å². The molecule has 0 saturated heterocycles. The van der Waals surface area contributed by atoms with Crippen molar-refractivity contribution in [3.8, 4) is 0 Å². The van der Waals surface area contributed by atoms with Crippen LogP contribution in [0.5, 0.6) is 0 Å². The van der Waals surface area contributed by atoms with Crippen molar-refractivity contribution in [2.24, 2.45) is 5.73 Å². The highest BCUT2D eigenvalue weighted by Crippen LogP contribution is 1.70. The largest absolute Gasteiger partial charge is 0.392 e. The Bertz CT molecular complexity index is 28.0. The van der Waals surface area contributed by atoms with Gasteiger partial charge in [0.2, 0.25) is 0 Å². The zero-order valence-electron chi connectivity index (χ0n) is 3.13. The maximum Gasteiger partial charge on any atom is 0.167 e. The van der Waals surface area contributed by atoms with Crippen molar-refractivity contribution < 1.29 is 15.3 Å². The minimum atomic E-state index is -1.06. The lowest BCUT2D eigenvalue weighted by molar-refractivity contribution is -0.338. The van der Waals surface area contributed by atoms with E-state index >= 15 is 0 Å². The Kier molecular flexibility index (Phi) is 2.97. The van der Waals surface area contributed by atoms with E-state index in [1.54, 1.807) is 0 Å². The highest BCUT2D eigenvalue weighted by atomic mass is 17.1. The third-order valence-corrected chi connectivity index (χ3v) is 0.304. The minimum absolute atomic E-state index is 0.427. The molecule has 0 aromatic heterocycles. The fourth-order valence-corrected chi connectivity index (χ4v) is 0.0304. The lowest BCUT2D eigenvalue weighted by Crippen LogP contribution is -2.25. The Morgan fingerprint density at radius 2 is 2.50 bits per heavy atom. The van der Waals surface area contributed by atoms with Crippen molar-refractivity contribution in [1.29, 1.82) is 0 Å². The second-order valence-corrected chi connectivity index (χ2v) is 0.817. The molecule has 0 aliphatic heterocycles. The van der Waals surface area contributed by atoms with Crippen molar-refractivity contribution in [3.05, 3.63) is 0 Å². The molecule has 0 aromatic carbocycles. The quantitative estimate of drug-likeness (QED) is 0.250. The van der Waals surface area contributed by atoms with Gasteiger partial charge >= 0.3 is 0 Å². The first-order chi connectivity index (χ1) is 2.81. The van der Waals surface area contributed by atoms with E-state index in [4.69, 9.17) is 10.4 Å². The maximum absolute atomic E-state index is 9.08. The molecule has 4 heteroatoms. The van der Waals surface area contributed by atoms with Crippen LogP contribution in [0.1, 0.15) is 0 Å². The van der Waals surface area contributed by atoms with Crippen LogP contribution in [0.15, 0.2) is 0 Å². The van der Waals surface area contributed by atoms with E-state index in [9.17, 15) is 0 Å². The number of hydrogen-bond donors (Lipinski definition) is 2. The van der Waals surface area contributed by atoms with E-state index in [0.29, 0.717) is 0 Å². The van der Waals surface area contributed by atoms with E-state index in [2.05, 4.69) is 10.6 Å². The van der Waals surface area contributed by atoms with Gasteiger partial charge in [-0.15, -0.1) is 0 Å². The number of hydrogen-bond acceptors (Lipinski definition) is 3. The molecule has 3 N–H and O–H groups in total. The first kappa shape index (κ1) is 5.84. The second-order valence-electron chi connectivity index (χ2n) is 0.817. The summed E-state index contributed by atoms with van der Waals surface area (Å²) in [6.07, 6.45) is -1.06. The number of aliphatic hydroxyl groups excluding tert-OH is 1. The van der Waals surface area contributed by atoms with E-state index < -0.39 is 12.8 Å². The van der Waals surface area contributed by atoms with Crippen molar-refractivity contribution in [2.45, 2.75) is 6.23 Å². The molecule has 1 radical (unpaired) electrons. The predicted molar refractivity (Wildman–Crippen MR) is 16.8 cm³/mol. The molecular formula is C2H6NO3. The number of nitrogens with two attached hydrogens (primary N) is 1. The van der Waals surface area contributed by atoms with Gasteiger partial charge in [0.1, 0.15) is 0 Å². The molecule has 0 heterocycles. The summed E-state index contributed by atoms with van der Waals surface area (Å²) in [4.78, 5) is 3.18. The van der Waals surface area contributed by atoms with Crippen LogP contribution < -0.4 is 5.73 Å². The van der Waals surface area contributed by atoms with Crippen LogP contribution in [0, 0.1) is 0 Å². The maximum atomic E-state index is 9.08. The van der Waals surface area contributed by atoms with Gasteiger partial charge in [-0.25, -0.2) is 0 Å². The first-order valence-electron chi connectivity index (χ1n) is 1.46. The van der Waals surface area contributed by atoms with E-state index in [-0.39, 0.29) is 0 Å². The molecule has 4 nitrogen and oxygen atoms in total. The third kappa shape index (κ3) is 2.10. The van der Waals surface area contributed by atoms with Crippen LogP contribution in [0.25, 0.3) is 0 Å². The molecule has 37 valence electrons. The van der Waals surface area contributed by atoms with Gasteiger partial charge in [0.15, 0.2) is 6.23 Å². The summed E-state index contributed by atoms with van der Waals surface area (Å²) in [7, 11) is 0. The van der Waals surface area contributed by atoms with Crippen LogP contribution in [-0.4, -0.2) is 17.9 Å². The standard InChI is InChI=1S/C2H6NO3/c3-2(1-4)6-5/h2,4H,1,3H2. The number of rotatable bonds is 2. The summed E-state index contributed by atoms with van der Waals surface area (Å²) in [5.74, 6) is 0. The molecule has 0 aromatic rings. The molecule has 0 aliphatic rings. The van der Waals surface area contributed by atoms with Crippen LogP contribution in [-0.2, 0) is 10.1 Å². The Morgan fingerprint density at radius 3 is 2.50 bits per heavy atom. The van der Waals surface area contributed by atoms with Crippen molar-refractivity contribution in [1.82, 2.24) is 0 Å². The summed E-state index contributed by atoms with van der Waals surface area (Å²) in [5.41, 5.74) is 4.69. The lowest BCUT2D eigenvalue weighted by Gasteiger charge is -1.95. The van der Waals surface area contributed by atoms with E-state index in [1.807, 2.05) is 0 Å². The molecule has 0 fully saturated rings. The third-order valence-electron chi connectivity index (χ3n) is 0.304. The summed E-state index contributed by atoms with van der Waals surface area (Å²) in [5, 5.41) is 17.0. The molecule has 0 aliphatic carbocycles. The molecule has 6 heavy (non-hydrogen) atoms. The van der Waals surface area contributed by atoms with E-state index in [1.165, 1.54) is 0 Å². The first-order valence-corrected chi connectivity index (χ1v) is 1.46. The zero-order valence-corrected chi connectivity index (χ0v) is 3.13. The van der Waals surface area contributed by atoms with Gasteiger partial charge in [-0.2, -0.15) is 4.89 Å². The molecule has 0 amide bonds. The Labute approximate surface area is 35.1 Å². The van der Waals surface area contributed by atoms with Gasteiger partial charge in [-0.3, -0.25) is 0 Å². The second kappa shape index (κ2) is 3.05. The molecule has 1 atom stereocenters.